The Bertz CT molecular complexity index is 747. The number of nitrogens with zero attached hydrogens (tertiary/aromatic N) is 1. The Morgan fingerprint density at radius 1 is 1.05 bits per heavy atom. The molecule has 0 amide bonds. The maximum Gasteiger partial charge on any atom is 0.183 e. The minimum absolute atomic E-state index is 0.0389. The fourth-order valence-corrected chi connectivity index (χ4v) is 8.24. The van der Waals surface area contributed by atoms with E-state index in [0.717, 1.165) is 31.5 Å². The first-order valence-corrected chi connectivity index (χ1v) is 10.9. The van der Waals surface area contributed by atoms with Crippen molar-refractivity contribution in [1.82, 2.24) is 4.90 Å². The van der Waals surface area contributed by atoms with Gasteiger partial charge in [-0.3, -0.25) is 4.90 Å². The summed E-state index contributed by atoms with van der Waals surface area (Å²) in [4.78, 5) is 2.27. The molecule has 1 aromatic carbocycles. The first kappa shape index (κ1) is 16.0. The van der Waals surface area contributed by atoms with Gasteiger partial charge in [-0.25, -0.2) is 16.8 Å². The van der Waals surface area contributed by atoms with Crippen LogP contribution in [0.3, 0.4) is 0 Å². The van der Waals surface area contributed by atoms with Crippen molar-refractivity contribution in [3.8, 4) is 0 Å². The molecule has 7 heteroatoms. The minimum atomic E-state index is -3.63. The molecule has 122 valence electrons. The van der Waals surface area contributed by atoms with Crippen LogP contribution in [0.25, 0.3) is 0 Å². The lowest BCUT2D eigenvalue weighted by Crippen LogP contribution is -2.45. The van der Waals surface area contributed by atoms with Crippen LogP contribution in [0.5, 0.6) is 0 Å². The number of likely N-dealkylation sites (tertiary alicyclic amines) is 1. The zero-order valence-electron chi connectivity index (χ0n) is 12.6. The lowest BCUT2D eigenvalue weighted by atomic mass is 10.2. The van der Waals surface area contributed by atoms with E-state index in [1.165, 1.54) is 0 Å². The summed E-state index contributed by atoms with van der Waals surface area (Å²) in [5, 5.41) is -0.849. The molecule has 0 spiro atoms. The molecule has 2 unspecified atom stereocenters. The van der Waals surface area contributed by atoms with Gasteiger partial charge >= 0.3 is 0 Å². The van der Waals surface area contributed by atoms with E-state index in [1.807, 2.05) is 11.8 Å². The second kappa shape index (κ2) is 5.62. The van der Waals surface area contributed by atoms with Gasteiger partial charge in [0.2, 0.25) is 0 Å². The van der Waals surface area contributed by atoms with Crippen molar-refractivity contribution in [2.45, 2.75) is 36.0 Å². The van der Waals surface area contributed by atoms with Crippen LogP contribution >= 0.6 is 0 Å². The fraction of sp³-hybridized carbons (Fsp3) is 0.600. The lowest BCUT2D eigenvalue weighted by Gasteiger charge is -2.27. The minimum Gasteiger partial charge on any atom is -0.298 e. The third kappa shape index (κ3) is 2.94. The fourth-order valence-electron chi connectivity index (χ4n) is 3.41. The molecule has 5 nitrogen and oxygen atoms in total. The van der Waals surface area contributed by atoms with E-state index in [0.29, 0.717) is 0 Å². The summed E-state index contributed by atoms with van der Waals surface area (Å²) in [5.74, 6) is -0.298. The van der Waals surface area contributed by atoms with Crippen molar-refractivity contribution in [1.29, 1.82) is 0 Å². The SMILES string of the molecule is Cc1ccc(S(=O)(=O)C2CS(=O)(=O)CC2N2CCCC2)cc1. The number of hydrogen-bond donors (Lipinski definition) is 0. The summed E-state index contributed by atoms with van der Waals surface area (Å²) < 4.78 is 49.9. The molecule has 1 aromatic rings. The highest BCUT2D eigenvalue weighted by atomic mass is 32.2. The van der Waals surface area contributed by atoms with E-state index in [4.69, 9.17) is 0 Å². The molecule has 2 aliphatic rings. The van der Waals surface area contributed by atoms with Crippen molar-refractivity contribution in [3.05, 3.63) is 29.8 Å². The van der Waals surface area contributed by atoms with Crippen LogP contribution in [0.2, 0.25) is 0 Å². The van der Waals surface area contributed by atoms with Crippen LogP contribution in [-0.4, -0.2) is 57.6 Å². The molecule has 0 aromatic heterocycles. The summed E-state index contributed by atoms with van der Waals surface area (Å²) in [6.07, 6.45) is 2.02. The Kier molecular flexibility index (Phi) is 4.07. The predicted molar refractivity (Wildman–Crippen MR) is 85.4 cm³/mol. The monoisotopic (exact) mass is 343 g/mol. The maximum atomic E-state index is 12.9. The predicted octanol–water partition coefficient (Wildman–Crippen LogP) is 1.03. The second-order valence-corrected chi connectivity index (χ2v) is 10.6. The van der Waals surface area contributed by atoms with Crippen LogP contribution < -0.4 is 0 Å². The summed E-state index contributed by atoms with van der Waals surface area (Å²) in [5.41, 5.74) is 0.981. The Balaban J connectivity index is 1.97. The average Bonchev–Trinajstić information content (AvgIpc) is 3.06. The smallest absolute Gasteiger partial charge is 0.183 e. The second-order valence-electron chi connectivity index (χ2n) is 6.28. The van der Waals surface area contributed by atoms with E-state index in [-0.39, 0.29) is 16.4 Å². The number of hydrogen-bond acceptors (Lipinski definition) is 5. The molecule has 0 saturated carbocycles. The Labute approximate surface area is 132 Å². The van der Waals surface area contributed by atoms with E-state index < -0.39 is 31.0 Å². The van der Waals surface area contributed by atoms with Gasteiger partial charge in [0.25, 0.3) is 0 Å². The zero-order valence-corrected chi connectivity index (χ0v) is 14.2. The van der Waals surface area contributed by atoms with Crippen molar-refractivity contribution >= 4 is 19.7 Å². The van der Waals surface area contributed by atoms with Gasteiger partial charge in [0.1, 0.15) is 0 Å². The number of sulfone groups is 2. The summed E-state index contributed by atoms with van der Waals surface area (Å²) >= 11 is 0. The third-order valence-corrected chi connectivity index (χ3v) is 8.76. The van der Waals surface area contributed by atoms with Crippen molar-refractivity contribution < 1.29 is 16.8 Å². The standard InChI is InChI=1S/C15H21NO4S2/c1-12-4-6-13(7-5-12)22(19,20)15-11-21(17,18)10-14(15)16-8-2-3-9-16/h4-7,14-15H,2-3,8-11H2,1H3. The summed E-state index contributed by atoms with van der Waals surface area (Å²) in [7, 11) is -6.94. The van der Waals surface area contributed by atoms with Gasteiger partial charge in [-0.05, 0) is 45.0 Å². The van der Waals surface area contributed by atoms with Gasteiger partial charge in [0.05, 0.1) is 21.7 Å². The molecular formula is C15H21NO4S2. The maximum absolute atomic E-state index is 12.9. The Morgan fingerprint density at radius 2 is 1.64 bits per heavy atom. The van der Waals surface area contributed by atoms with Crippen molar-refractivity contribution in [3.63, 3.8) is 0 Å². The molecular weight excluding hydrogens is 322 g/mol. The summed E-state index contributed by atoms with van der Waals surface area (Å²) in [6.45, 7) is 3.48. The largest absolute Gasteiger partial charge is 0.298 e. The number of rotatable bonds is 3. The van der Waals surface area contributed by atoms with Crippen LogP contribution in [0, 0.1) is 6.92 Å². The van der Waals surface area contributed by atoms with Crippen molar-refractivity contribution in [2.75, 3.05) is 24.6 Å². The molecule has 0 aliphatic carbocycles. The van der Waals surface area contributed by atoms with Gasteiger partial charge in [-0.1, -0.05) is 17.7 Å². The van der Waals surface area contributed by atoms with Crippen LogP contribution in [-0.2, 0) is 19.7 Å². The number of benzene rings is 1. The molecule has 2 aliphatic heterocycles. The molecule has 0 radical (unpaired) electrons. The highest BCUT2D eigenvalue weighted by Gasteiger charge is 2.48. The topological polar surface area (TPSA) is 71.5 Å². The molecule has 3 rings (SSSR count). The molecule has 2 atom stereocenters. The van der Waals surface area contributed by atoms with Crippen LogP contribution in [0.4, 0.5) is 0 Å². The van der Waals surface area contributed by atoms with Crippen molar-refractivity contribution in [2.24, 2.45) is 0 Å². The Hall–Kier alpha value is -0.920. The van der Waals surface area contributed by atoms with E-state index in [9.17, 15) is 16.8 Å². The highest BCUT2D eigenvalue weighted by Crippen LogP contribution is 2.30. The molecule has 0 N–H and O–H groups in total. The first-order chi connectivity index (χ1) is 10.3. The van der Waals surface area contributed by atoms with Gasteiger partial charge < -0.3 is 0 Å². The summed E-state index contributed by atoms with van der Waals surface area (Å²) in [6, 6.07) is 6.26. The molecule has 2 fully saturated rings. The third-order valence-electron chi connectivity index (χ3n) is 4.63. The molecule has 2 heterocycles. The van der Waals surface area contributed by atoms with E-state index in [2.05, 4.69) is 0 Å². The molecule has 2 saturated heterocycles. The number of aryl methyl sites for hydroxylation is 1. The average molecular weight is 343 g/mol. The van der Waals surface area contributed by atoms with Gasteiger partial charge in [0.15, 0.2) is 19.7 Å². The highest BCUT2D eigenvalue weighted by molar-refractivity contribution is 7.96. The quantitative estimate of drug-likeness (QED) is 0.820. The van der Waals surface area contributed by atoms with Crippen LogP contribution in [0.1, 0.15) is 18.4 Å². The normalized spacial score (nSPS) is 29.0. The van der Waals surface area contributed by atoms with E-state index >= 15 is 0 Å². The Morgan fingerprint density at radius 3 is 2.23 bits per heavy atom. The van der Waals surface area contributed by atoms with Crippen LogP contribution in [0.15, 0.2) is 29.2 Å². The first-order valence-electron chi connectivity index (χ1n) is 7.55. The van der Waals surface area contributed by atoms with Gasteiger partial charge in [-0.2, -0.15) is 0 Å². The van der Waals surface area contributed by atoms with Gasteiger partial charge in [0, 0.05) is 6.04 Å². The molecule has 22 heavy (non-hydrogen) atoms. The van der Waals surface area contributed by atoms with Gasteiger partial charge in [-0.15, -0.1) is 0 Å². The lowest BCUT2D eigenvalue weighted by molar-refractivity contribution is 0.264. The van der Waals surface area contributed by atoms with E-state index in [1.54, 1.807) is 24.3 Å². The zero-order chi connectivity index (χ0) is 16.0. The molecule has 0 bridgehead atoms.